The average molecular weight is 348 g/mol. The van der Waals surface area contributed by atoms with E-state index >= 15 is 0 Å². The molecule has 0 aliphatic rings. The summed E-state index contributed by atoms with van der Waals surface area (Å²) in [5.41, 5.74) is 0.585. The normalized spacial score (nSPS) is 11.5. The van der Waals surface area contributed by atoms with Gasteiger partial charge < -0.3 is 14.2 Å². The molecule has 132 valence electrons. The van der Waals surface area contributed by atoms with Crippen molar-refractivity contribution in [1.82, 2.24) is 0 Å². The van der Waals surface area contributed by atoms with Gasteiger partial charge in [0.05, 0.1) is 7.11 Å². The van der Waals surface area contributed by atoms with Crippen molar-refractivity contribution < 1.29 is 19.0 Å². The van der Waals surface area contributed by atoms with Gasteiger partial charge in [-0.25, -0.2) is 0 Å². The van der Waals surface area contributed by atoms with Gasteiger partial charge in [0.15, 0.2) is 6.10 Å². The van der Waals surface area contributed by atoms with Crippen LogP contribution in [0.2, 0.25) is 0 Å². The van der Waals surface area contributed by atoms with E-state index in [2.05, 4.69) is 0 Å². The lowest BCUT2D eigenvalue weighted by molar-refractivity contribution is 0.0818. The van der Waals surface area contributed by atoms with E-state index in [1.807, 2.05) is 42.5 Å². The van der Waals surface area contributed by atoms with Crippen molar-refractivity contribution in [3.8, 4) is 23.0 Å². The molecule has 0 heterocycles. The standard InChI is InChI=1S/C22H20O4/c1-16(22(23)17-8-10-18(24-2)11-9-17)25-20-12-14-21(15-13-20)26-19-6-4-3-5-7-19/h3-16H,1-2H3/t16-/m1/s1. The van der Waals surface area contributed by atoms with Crippen molar-refractivity contribution >= 4 is 5.78 Å². The molecule has 3 aromatic carbocycles. The Hall–Kier alpha value is -3.27. The van der Waals surface area contributed by atoms with Gasteiger partial charge in [-0.05, 0) is 67.6 Å². The molecule has 1 atom stereocenters. The van der Waals surface area contributed by atoms with Crippen LogP contribution in [0.5, 0.6) is 23.0 Å². The predicted molar refractivity (Wildman–Crippen MR) is 100 cm³/mol. The molecule has 4 heteroatoms. The van der Waals surface area contributed by atoms with E-state index < -0.39 is 6.10 Å². The monoisotopic (exact) mass is 348 g/mol. The molecule has 0 radical (unpaired) electrons. The third-order valence-corrected chi connectivity index (χ3v) is 3.86. The lowest BCUT2D eigenvalue weighted by Gasteiger charge is -2.14. The molecule has 26 heavy (non-hydrogen) atoms. The van der Waals surface area contributed by atoms with Gasteiger partial charge in [-0.3, -0.25) is 4.79 Å². The SMILES string of the molecule is COc1ccc(C(=O)[C@@H](C)Oc2ccc(Oc3ccccc3)cc2)cc1. The number of benzene rings is 3. The van der Waals surface area contributed by atoms with E-state index in [1.165, 1.54) is 0 Å². The predicted octanol–water partition coefficient (Wildman–Crippen LogP) is 5.14. The van der Waals surface area contributed by atoms with E-state index in [1.54, 1.807) is 50.4 Å². The third-order valence-electron chi connectivity index (χ3n) is 3.86. The molecule has 4 nitrogen and oxygen atoms in total. The van der Waals surface area contributed by atoms with Crippen LogP contribution >= 0.6 is 0 Å². The van der Waals surface area contributed by atoms with Crippen LogP contribution in [0.1, 0.15) is 17.3 Å². The molecular formula is C22H20O4. The Morgan fingerprint density at radius 1 is 0.731 bits per heavy atom. The molecule has 3 rings (SSSR count). The van der Waals surface area contributed by atoms with Gasteiger partial charge in [0.1, 0.15) is 23.0 Å². The molecule has 0 aromatic heterocycles. The smallest absolute Gasteiger partial charge is 0.202 e. The Bertz CT molecular complexity index is 840. The van der Waals surface area contributed by atoms with Gasteiger partial charge in [-0.1, -0.05) is 18.2 Å². The van der Waals surface area contributed by atoms with Gasteiger partial charge in [0.2, 0.25) is 5.78 Å². The molecule has 0 fully saturated rings. The minimum absolute atomic E-state index is 0.0859. The minimum atomic E-state index is -0.593. The third kappa shape index (κ3) is 4.42. The number of rotatable bonds is 7. The van der Waals surface area contributed by atoms with Crippen LogP contribution in [0.3, 0.4) is 0 Å². The quantitative estimate of drug-likeness (QED) is 0.555. The fraction of sp³-hybridized carbons (Fsp3) is 0.136. The van der Waals surface area contributed by atoms with Crippen LogP contribution in [-0.2, 0) is 0 Å². The summed E-state index contributed by atoms with van der Waals surface area (Å²) >= 11 is 0. The van der Waals surface area contributed by atoms with Gasteiger partial charge in [-0.2, -0.15) is 0 Å². The summed E-state index contributed by atoms with van der Waals surface area (Å²) in [7, 11) is 1.59. The number of carbonyl (C=O) groups excluding carboxylic acids is 1. The van der Waals surface area contributed by atoms with Gasteiger partial charge in [0, 0.05) is 5.56 Å². The summed E-state index contributed by atoms with van der Waals surface area (Å²) in [6, 6.07) is 23.7. The Morgan fingerprint density at radius 2 is 1.27 bits per heavy atom. The van der Waals surface area contributed by atoms with Crippen molar-refractivity contribution in [2.24, 2.45) is 0 Å². The van der Waals surface area contributed by atoms with E-state index in [9.17, 15) is 4.79 Å². The maximum absolute atomic E-state index is 12.5. The van der Waals surface area contributed by atoms with Crippen molar-refractivity contribution in [3.05, 3.63) is 84.4 Å². The van der Waals surface area contributed by atoms with Gasteiger partial charge >= 0.3 is 0 Å². The lowest BCUT2D eigenvalue weighted by Crippen LogP contribution is -2.23. The zero-order chi connectivity index (χ0) is 18.4. The largest absolute Gasteiger partial charge is 0.497 e. The molecule has 0 saturated heterocycles. The molecule has 0 saturated carbocycles. The van der Waals surface area contributed by atoms with Gasteiger partial charge in [0.25, 0.3) is 0 Å². The number of ether oxygens (including phenoxy) is 3. The summed E-state index contributed by atoms with van der Waals surface area (Å²) in [4.78, 5) is 12.5. The zero-order valence-corrected chi connectivity index (χ0v) is 14.7. The first-order valence-electron chi connectivity index (χ1n) is 8.33. The molecule has 0 spiro atoms. The molecule has 3 aromatic rings. The molecule has 0 amide bonds. The van der Waals surface area contributed by atoms with E-state index in [-0.39, 0.29) is 5.78 Å². The lowest BCUT2D eigenvalue weighted by atomic mass is 10.1. The highest BCUT2D eigenvalue weighted by Crippen LogP contribution is 2.24. The summed E-state index contributed by atoms with van der Waals surface area (Å²) in [6.07, 6.45) is -0.593. The number of Topliss-reactive ketones (excluding diaryl/α,β-unsaturated/α-hetero) is 1. The number of methoxy groups -OCH3 is 1. The van der Waals surface area contributed by atoms with Crippen LogP contribution in [0.15, 0.2) is 78.9 Å². The first kappa shape index (κ1) is 17.5. The number of ketones is 1. The fourth-order valence-corrected chi connectivity index (χ4v) is 2.46. The Balaban J connectivity index is 1.61. The van der Waals surface area contributed by atoms with Crippen molar-refractivity contribution in [2.75, 3.05) is 7.11 Å². The summed E-state index contributed by atoms with van der Waals surface area (Å²) in [6.45, 7) is 1.74. The highest BCUT2D eigenvalue weighted by atomic mass is 16.5. The number of hydrogen-bond donors (Lipinski definition) is 0. The van der Waals surface area contributed by atoms with Crippen LogP contribution in [-0.4, -0.2) is 19.0 Å². The molecule has 0 N–H and O–H groups in total. The second-order valence-electron chi connectivity index (χ2n) is 5.74. The second-order valence-corrected chi connectivity index (χ2v) is 5.74. The molecule has 0 aliphatic carbocycles. The van der Waals surface area contributed by atoms with Crippen LogP contribution < -0.4 is 14.2 Å². The highest BCUT2D eigenvalue weighted by Gasteiger charge is 2.17. The number of hydrogen-bond acceptors (Lipinski definition) is 4. The van der Waals surface area contributed by atoms with Crippen LogP contribution in [0.4, 0.5) is 0 Å². The minimum Gasteiger partial charge on any atom is -0.497 e. The topological polar surface area (TPSA) is 44.8 Å². The highest BCUT2D eigenvalue weighted by molar-refractivity contribution is 5.99. The molecule has 0 aliphatic heterocycles. The van der Waals surface area contributed by atoms with E-state index in [0.29, 0.717) is 22.8 Å². The summed E-state index contributed by atoms with van der Waals surface area (Å²) in [5.74, 6) is 2.71. The first-order valence-corrected chi connectivity index (χ1v) is 8.33. The molecule has 0 unspecified atom stereocenters. The Morgan fingerprint density at radius 3 is 1.88 bits per heavy atom. The number of para-hydroxylation sites is 1. The average Bonchev–Trinajstić information content (AvgIpc) is 2.70. The van der Waals surface area contributed by atoms with Crippen molar-refractivity contribution in [1.29, 1.82) is 0 Å². The van der Waals surface area contributed by atoms with Crippen molar-refractivity contribution in [3.63, 3.8) is 0 Å². The van der Waals surface area contributed by atoms with Crippen LogP contribution in [0, 0.1) is 0 Å². The van der Waals surface area contributed by atoms with Crippen molar-refractivity contribution in [2.45, 2.75) is 13.0 Å². The Labute approximate surface area is 153 Å². The van der Waals surface area contributed by atoms with E-state index in [4.69, 9.17) is 14.2 Å². The zero-order valence-electron chi connectivity index (χ0n) is 14.7. The summed E-state index contributed by atoms with van der Waals surface area (Å²) < 4.78 is 16.6. The molecule has 0 bridgehead atoms. The fourth-order valence-electron chi connectivity index (χ4n) is 2.46. The first-order chi connectivity index (χ1) is 12.7. The summed E-state index contributed by atoms with van der Waals surface area (Å²) in [5, 5.41) is 0. The second kappa shape index (κ2) is 8.21. The van der Waals surface area contributed by atoms with Crippen LogP contribution in [0.25, 0.3) is 0 Å². The maximum atomic E-state index is 12.5. The van der Waals surface area contributed by atoms with Gasteiger partial charge in [-0.15, -0.1) is 0 Å². The molecular weight excluding hydrogens is 328 g/mol. The number of carbonyl (C=O) groups is 1. The van der Waals surface area contributed by atoms with E-state index in [0.717, 1.165) is 5.75 Å². The Kier molecular flexibility index (Phi) is 5.54. The maximum Gasteiger partial charge on any atom is 0.202 e.